The molecule has 1 fully saturated rings. The highest BCUT2D eigenvalue weighted by molar-refractivity contribution is 5.93. The Hall–Kier alpha value is -1.84. The third kappa shape index (κ3) is 4.59. The fourth-order valence-electron chi connectivity index (χ4n) is 3.55. The van der Waals surface area contributed by atoms with Crippen molar-refractivity contribution in [3.8, 4) is 0 Å². The molecule has 0 atom stereocenters. The van der Waals surface area contributed by atoms with Crippen molar-refractivity contribution >= 4 is 17.5 Å². The first-order valence-corrected chi connectivity index (χ1v) is 9.12. The molecule has 0 radical (unpaired) electrons. The average Bonchev–Trinajstić information content (AvgIpc) is 2.55. The summed E-state index contributed by atoms with van der Waals surface area (Å²) in [7, 11) is 0. The first kappa shape index (κ1) is 18.5. The van der Waals surface area contributed by atoms with Crippen molar-refractivity contribution in [3.63, 3.8) is 0 Å². The number of piperidine rings is 1. The fraction of sp³-hybridized carbons (Fsp3) is 0.600. The van der Waals surface area contributed by atoms with Crippen LogP contribution in [0, 0.1) is 25.7 Å². The van der Waals surface area contributed by atoms with Crippen LogP contribution in [-0.4, -0.2) is 29.8 Å². The van der Waals surface area contributed by atoms with Crippen molar-refractivity contribution in [1.29, 1.82) is 0 Å². The highest BCUT2D eigenvalue weighted by Gasteiger charge is 2.29. The molecule has 0 unspecified atom stereocenters. The van der Waals surface area contributed by atoms with Gasteiger partial charge < -0.3 is 10.2 Å². The van der Waals surface area contributed by atoms with Crippen molar-refractivity contribution in [2.45, 2.75) is 53.4 Å². The first-order valence-electron chi connectivity index (χ1n) is 9.12. The van der Waals surface area contributed by atoms with Crippen molar-refractivity contribution in [1.82, 2.24) is 4.90 Å². The molecule has 0 aromatic heterocycles. The smallest absolute Gasteiger partial charge is 0.227 e. The molecule has 132 valence electrons. The van der Waals surface area contributed by atoms with Crippen molar-refractivity contribution in [3.05, 3.63) is 29.3 Å². The maximum Gasteiger partial charge on any atom is 0.227 e. The zero-order valence-corrected chi connectivity index (χ0v) is 15.4. The van der Waals surface area contributed by atoms with Gasteiger partial charge in [-0.1, -0.05) is 19.9 Å². The number of aryl methyl sites for hydroxylation is 2. The summed E-state index contributed by atoms with van der Waals surface area (Å²) in [5.41, 5.74) is 3.17. The number of benzene rings is 1. The summed E-state index contributed by atoms with van der Waals surface area (Å²) in [5.74, 6) is 0.463. The number of amides is 2. The molecule has 0 bridgehead atoms. The van der Waals surface area contributed by atoms with Gasteiger partial charge in [-0.05, 0) is 62.8 Å². The molecule has 1 N–H and O–H groups in total. The zero-order valence-electron chi connectivity index (χ0n) is 15.4. The number of nitrogens with one attached hydrogen (secondary N) is 1. The Bertz CT molecular complexity index is 565. The molecule has 2 amide bonds. The fourth-order valence-corrected chi connectivity index (χ4v) is 3.55. The van der Waals surface area contributed by atoms with Crippen LogP contribution in [0.2, 0.25) is 0 Å². The van der Waals surface area contributed by atoms with Gasteiger partial charge in [-0.15, -0.1) is 0 Å². The number of likely N-dealkylation sites (tertiary alicyclic amines) is 1. The lowest BCUT2D eigenvalue weighted by Crippen LogP contribution is -2.43. The second kappa shape index (κ2) is 8.32. The minimum Gasteiger partial charge on any atom is -0.342 e. The summed E-state index contributed by atoms with van der Waals surface area (Å²) in [6.07, 6.45) is 3.29. The van der Waals surface area contributed by atoms with Crippen LogP contribution in [0.15, 0.2) is 18.2 Å². The summed E-state index contributed by atoms with van der Waals surface area (Å²) in [6.45, 7) is 9.59. The van der Waals surface area contributed by atoms with Gasteiger partial charge in [0.25, 0.3) is 0 Å². The Morgan fingerprint density at radius 1 is 1.08 bits per heavy atom. The molecule has 1 aromatic rings. The van der Waals surface area contributed by atoms with E-state index in [9.17, 15) is 9.59 Å². The largest absolute Gasteiger partial charge is 0.342 e. The Kier molecular flexibility index (Phi) is 6.41. The SMILES string of the molecule is CCC(CC)C(=O)N1CCC(C(=O)Nc2cc(C)cc(C)c2)CC1. The summed E-state index contributed by atoms with van der Waals surface area (Å²) < 4.78 is 0. The third-order valence-corrected chi connectivity index (χ3v) is 5.00. The van der Waals surface area contributed by atoms with Gasteiger partial charge in [-0.25, -0.2) is 0 Å². The van der Waals surface area contributed by atoms with Crippen molar-refractivity contribution in [2.75, 3.05) is 18.4 Å². The van der Waals surface area contributed by atoms with Crippen LogP contribution in [-0.2, 0) is 9.59 Å². The van der Waals surface area contributed by atoms with E-state index in [0.29, 0.717) is 13.1 Å². The quantitative estimate of drug-likeness (QED) is 0.889. The Balaban J connectivity index is 1.89. The van der Waals surface area contributed by atoms with E-state index in [0.717, 1.165) is 42.5 Å². The number of hydrogen-bond acceptors (Lipinski definition) is 2. The molecule has 0 spiro atoms. The van der Waals surface area contributed by atoms with E-state index in [1.807, 2.05) is 30.9 Å². The second-order valence-electron chi connectivity index (χ2n) is 6.98. The number of carbonyl (C=O) groups is 2. The van der Waals surface area contributed by atoms with Gasteiger partial charge in [-0.3, -0.25) is 9.59 Å². The molecular formula is C20H30N2O2. The van der Waals surface area contributed by atoms with E-state index in [4.69, 9.17) is 0 Å². The highest BCUT2D eigenvalue weighted by atomic mass is 16.2. The van der Waals surface area contributed by atoms with Crippen LogP contribution in [0.1, 0.15) is 50.7 Å². The highest BCUT2D eigenvalue weighted by Crippen LogP contribution is 2.23. The van der Waals surface area contributed by atoms with E-state index in [2.05, 4.69) is 25.2 Å². The standard InChI is InChI=1S/C20H30N2O2/c1-5-16(6-2)20(24)22-9-7-17(8-10-22)19(23)21-18-12-14(3)11-15(4)13-18/h11-13,16-17H,5-10H2,1-4H3,(H,21,23). The van der Waals surface area contributed by atoms with E-state index in [1.165, 1.54) is 0 Å². The van der Waals surface area contributed by atoms with E-state index >= 15 is 0 Å². The second-order valence-corrected chi connectivity index (χ2v) is 6.98. The van der Waals surface area contributed by atoms with Gasteiger partial charge >= 0.3 is 0 Å². The predicted molar refractivity (Wildman–Crippen MR) is 97.9 cm³/mol. The number of anilines is 1. The number of carbonyl (C=O) groups excluding carboxylic acids is 2. The van der Waals surface area contributed by atoms with Crippen LogP contribution in [0.25, 0.3) is 0 Å². The number of hydrogen-bond donors (Lipinski definition) is 1. The van der Waals surface area contributed by atoms with Gasteiger partial charge in [0.2, 0.25) is 11.8 Å². The Morgan fingerprint density at radius 3 is 2.12 bits per heavy atom. The predicted octanol–water partition coefficient (Wildman–Crippen LogP) is 3.92. The van der Waals surface area contributed by atoms with E-state index < -0.39 is 0 Å². The zero-order chi connectivity index (χ0) is 17.7. The molecule has 24 heavy (non-hydrogen) atoms. The van der Waals surface area contributed by atoms with Crippen LogP contribution in [0.4, 0.5) is 5.69 Å². The maximum atomic E-state index is 12.5. The van der Waals surface area contributed by atoms with E-state index in [-0.39, 0.29) is 23.7 Å². The van der Waals surface area contributed by atoms with Gasteiger partial charge in [0, 0.05) is 30.6 Å². The molecule has 1 heterocycles. The normalized spacial score (nSPS) is 15.6. The Morgan fingerprint density at radius 2 is 1.62 bits per heavy atom. The monoisotopic (exact) mass is 330 g/mol. The summed E-state index contributed by atoms with van der Waals surface area (Å²) >= 11 is 0. The summed E-state index contributed by atoms with van der Waals surface area (Å²) in [4.78, 5) is 26.9. The number of rotatable bonds is 5. The lowest BCUT2D eigenvalue weighted by molar-refractivity contribution is -0.138. The van der Waals surface area contributed by atoms with Crippen LogP contribution in [0.3, 0.4) is 0 Å². The molecule has 1 aliphatic rings. The lowest BCUT2D eigenvalue weighted by Gasteiger charge is -2.33. The minimum absolute atomic E-state index is 0.00317. The molecule has 2 rings (SSSR count). The maximum absolute atomic E-state index is 12.5. The van der Waals surface area contributed by atoms with Crippen LogP contribution in [0.5, 0.6) is 0 Å². The molecule has 4 heteroatoms. The molecule has 0 saturated carbocycles. The first-order chi connectivity index (χ1) is 11.4. The van der Waals surface area contributed by atoms with Crippen LogP contribution >= 0.6 is 0 Å². The topological polar surface area (TPSA) is 49.4 Å². The molecule has 1 aromatic carbocycles. The molecule has 1 aliphatic heterocycles. The van der Waals surface area contributed by atoms with Crippen molar-refractivity contribution < 1.29 is 9.59 Å². The van der Waals surface area contributed by atoms with Gasteiger partial charge in [0.1, 0.15) is 0 Å². The summed E-state index contributed by atoms with van der Waals surface area (Å²) in [6, 6.07) is 6.09. The van der Waals surface area contributed by atoms with Gasteiger partial charge in [0.05, 0.1) is 0 Å². The van der Waals surface area contributed by atoms with E-state index in [1.54, 1.807) is 0 Å². The van der Waals surface area contributed by atoms with Gasteiger partial charge in [0.15, 0.2) is 0 Å². The average molecular weight is 330 g/mol. The molecule has 1 saturated heterocycles. The summed E-state index contributed by atoms with van der Waals surface area (Å²) in [5, 5.41) is 3.04. The van der Waals surface area contributed by atoms with Gasteiger partial charge in [-0.2, -0.15) is 0 Å². The number of nitrogens with zero attached hydrogens (tertiary/aromatic N) is 1. The molecule has 4 nitrogen and oxygen atoms in total. The van der Waals surface area contributed by atoms with Crippen molar-refractivity contribution in [2.24, 2.45) is 11.8 Å². The van der Waals surface area contributed by atoms with Crippen LogP contribution < -0.4 is 5.32 Å². The molecule has 0 aliphatic carbocycles. The third-order valence-electron chi connectivity index (χ3n) is 5.00. The Labute approximate surface area is 145 Å². The minimum atomic E-state index is -0.00317. The molecular weight excluding hydrogens is 300 g/mol. The lowest BCUT2D eigenvalue weighted by atomic mass is 9.93.